The summed E-state index contributed by atoms with van der Waals surface area (Å²) in [4.78, 5) is 14.5. The van der Waals surface area contributed by atoms with Crippen molar-refractivity contribution in [2.24, 2.45) is 0 Å². The second kappa shape index (κ2) is 6.77. The number of phenolic OH excluding ortho intramolecular Hbond substituents is 1. The molecule has 0 saturated heterocycles. The summed E-state index contributed by atoms with van der Waals surface area (Å²) in [7, 11) is 1.58. The molecule has 1 aromatic heterocycles. The van der Waals surface area contributed by atoms with Gasteiger partial charge in [-0.2, -0.15) is 5.10 Å². The van der Waals surface area contributed by atoms with Crippen LogP contribution < -0.4 is 4.74 Å². The number of aromatic nitrogens is 2. The molecule has 0 bridgehead atoms. The zero-order valence-corrected chi connectivity index (χ0v) is 14.7. The summed E-state index contributed by atoms with van der Waals surface area (Å²) in [6.45, 7) is 0.0271. The molecule has 0 aliphatic carbocycles. The summed E-state index contributed by atoms with van der Waals surface area (Å²) in [5.74, 6) is 0.523. The normalized spacial score (nSPS) is 15.9. The number of H-pyrrole nitrogens is 1. The van der Waals surface area contributed by atoms with Gasteiger partial charge in [-0.15, -0.1) is 0 Å². The lowest BCUT2D eigenvalue weighted by atomic mass is 9.95. The zero-order valence-electron chi connectivity index (χ0n) is 14.7. The Morgan fingerprint density at radius 1 is 1.22 bits per heavy atom. The van der Waals surface area contributed by atoms with Crippen LogP contribution in [0.3, 0.4) is 0 Å². The van der Waals surface area contributed by atoms with Gasteiger partial charge in [-0.1, -0.05) is 24.3 Å². The lowest BCUT2D eigenvalue weighted by Gasteiger charge is -2.26. The Morgan fingerprint density at radius 3 is 2.78 bits per heavy atom. The van der Waals surface area contributed by atoms with Crippen LogP contribution in [-0.2, 0) is 0 Å². The lowest BCUT2D eigenvalue weighted by Crippen LogP contribution is -2.32. The SMILES string of the molecule is COc1cccc(C2c3c(-c4ccccc4O)n[nH]c3C(=O)N2CCO)c1. The lowest BCUT2D eigenvalue weighted by molar-refractivity contribution is 0.0706. The number of phenols is 1. The molecule has 0 saturated carbocycles. The minimum absolute atomic E-state index is 0.0873. The van der Waals surface area contributed by atoms with Crippen LogP contribution in [0.15, 0.2) is 48.5 Å². The number of para-hydroxylation sites is 1. The van der Waals surface area contributed by atoms with Crippen molar-refractivity contribution in [1.82, 2.24) is 15.1 Å². The summed E-state index contributed by atoms with van der Waals surface area (Å²) in [6, 6.07) is 13.9. The van der Waals surface area contributed by atoms with Crippen LogP contribution in [0.1, 0.15) is 27.7 Å². The molecule has 0 fully saturated rings. The summed E-state index contributed by atoms with van der Waals surface area (Å²) in [5.41, 5.74) is 2.96. The van der Waals surface area contributed by atoms with E-state index in [0.29, 0.717) is 28.3 Å². The number of carbonyl (C=O) groups excluding carboxylic acids is 1. The molecule has 1 atom stereocenters. The third-order valence-corrected chi connectivity index (χ3v) is 4.77. The highest BCUT2D eigenvalue weighted by molar-refractivity contribution is 6.00. The minimum atomic E-state index is -0.442. The first-order valence-corrected chi connectivity index (χ1v) is 8.58. The first-order chi connectivity index (χ1) is 13.2. The molecule has 1 unspecified atom stereocenters. The third kappa shape index (κ3) is 2.72. The molecule has 0 radical (unpaired) electrons. The molecule has 3 aromatic rings. The van der Waals surface area contributed by atoms with Crippen LogP contribution >= 0.6 is 0 Å². The van der Waals surface area contributed by atoms with E-state index >= 15 is 0 Å². The summed E-state index contributed by atoms with van der Waals surface area (Å²) in [5, 5.41) is 26.9. The Morgan fingerprint density at radius 2 is 2.04 bits per heavy atom. The number of benzene rings is 2. The molecular weight excluding hydrogens is 346 g/mol. The van der Waals surface area contributed by atoms with Crippen molar-refractivity contribution in [3.8, 4) is 22.8 Å². The highest BCUT2D eigenvalue weighted by Crippen LogP contribution is 2.44. The fourth-order valence-electron chi connectivity index (χ4n) is 3.57. The van der Waals surface area contributed by atoms with Gasteiger partial charge >= 0.3 is 0 Å². The number of fused-ring (bicyclic) bond motifs is 1. The van der Waals surface area contributed by atoms with Crippen LogP contribution in [0, 0.1) is 0 Å². The van der Waals surface area contributed by atoms with E-state index in [1.54, 1.807) is 36.3 Å². The number of carbonyl (C=O) groups is 1. The Kier molecular flexibility index (Phi) is 4.29. The molecule has 4 rings (SSSR count). The third-order valence-electron chi connectivity index (χ3n) is 4.77. The van der Waals surface area contributed by atoms with E-state index in [1.165, 1.54) is 0 Å². The Balaban J connectivity index is 1.91. The van der Waals surface area contributed by atoms with E-state index in [0.717, 1.165) is 5.56 Å². The highest BCUT2D eigenvalue weighted by atomic mass is 16.5. The molecule has 2 aromatic carbocycles. The van der Waals surface area contributed by atoms with Gasteiger partial charge in [-0.25, -0.2) is 0 Å². The topological polar surface area (TPSA) is 98.7 Å². The van der Waals surface area contributed by atoms with Crippen LogP contribution in [0.5, 0.6) is 11.5 Å². The van der Waals surface area contributed by atoms with Gasteiger partial charge in [0.1, 0.15) is 22.9 Å². The van der Waals surface area contributed by atoms with Gasteiger partial charge in [0.25, 0.3) is 5.91 Å². The van der Waals surface area contributed by atoms with Crippen molar-refractivity contribution < 1.29 is 19.7 Å². The van der Waals surface area contributed by atoms with Gasteiger partial charge in [-0.05, 0) is 29.8 Å². The van der Waals surface area contributed by atoms with E-state index in [9.17, 15) is 15.0 Å². The van der Waals surface area contributed by atoms with E-state index < -0.39 is 6.04 Å². The molecule has 3 N–H and O–H groups in total. The fourth-order valence-corrected chi connectivity index (χ4v) is 3.57. The van der Waals surface area contributed by atoms with Crippen molar-refractivity contribution in [3.63, 3.8) is 0 Å². The molecule has 0 spiro atoms. The average Bonchev–Trinajstić information content (AvgIpc) is 3.22. The number of hydrogen-bond acceptors (Lipinski definition) is 5. The van der Waals surface area contributed by atoms with Crippen LogP contribution in [-0.4, -0.2) is 51.5 Å². The Bertz CT molecular complexity index is 998. The predicted molar refractivity (Wildman–Crippen MR) is 98.6 cm³/mol. The number of nitrogens with zero attached hydrogens (tertiary/aromatic N) is 2. The standard InChI is InChI=1S/C20H19N3O4/c1-27-13-6-4-5-12(11-13)19-16-17(14-7-2-3-8-15(14)25)21-22-18(16)20(26)23(19)9-10-24/h2-8,11,19,24-25H,9-10H2,1H3,(H,21,22). The number of amides is 1. The van der Waals surface area contributed by atoms with E-state index in [2.05, 4.69) is 10.2 Å². The number of methoxy groups -OCH3 is 1. The fraction of sp³-hybridized carbons (Fsp3) is 0.200. The van der Waals surface area contributed by atoms with E-state index in [-0.39, 0.29) is 24.8 Å². The molecule has 138 valence electrons. The second-order valence-electron chi connectivity index (χ2n) is 6.28. The quantitative estimate of drug-likeness (QED) is 0.645. The second-order valence-corrected chi connectivity index (χ2v) is 6.28. The molecule has 2 heterocycles. The van der Waals surface area contributed by atoms with E-state index in [1.807, 2.05) is 24.3 Å². The Labute approximate surface area is 155 Å². The Hall–Kier alpha value is -3.32. The zero-order chi connectivity index (χ0) is 19.0. The van der Waals surface area contributed by atoms with Gasteiger partial charge in [0, 0.05) is 17.7 Å². The van der Waals surface area contributed by atoms with Crippen molar-refractivity contribution in [2.45, 2.75) is 6.04 Å². The monoisotopic (exact) mass is 365 g/mol. The summed E-state index contributed by atoms with van der Waals surface area (Å²) < 4.78 is 5.32. The van der Waals surface area contributed by atoms with Crippen molar-refractivity contribution in [3.05, 3.63) is 65.4 Å². The first kappa shape index (κ1) is 17.1. The van der Waals surface area contributed by atoms with Gasteiger partial charge in [-0.3, -0.25) is 9.89 Å². The first-order valence-electron chi connectivity index (χ1n) is 8.58. The van der Waals surface area contributed by atoms with Crippen LogP contribution in [0.25, 0.3) is 11.3 Å². The van der Waals surface area contributed by atoms with Gasteiger partial charge in [0.15, 0.2) is 0 Å². The molecule has 7 heteroatoms. The van der Waals surface area contributed by atoms with Crippen LogP contribution in [0.2, 0.25) is 0 Å². The van der Waals surface area contributed by atoms with Gasteiger partial charge < -0.3 is 19.8 Å². The number of ether oxygens (including phenoxy) is 1. The number of rotatable bonds is 5. The molecule has 27 heavy (non-hydrogen) atoms. The number of aliphatic hydroxyl groups excluding tert-OH is 1. The smallest absolute Gasteiger partial charge is 0.273 e. The maximum absolute atomic E-state index is 12.9. The molecule has 1 amide bonds. The number of β-amino-alcohol motifs (C(OH)–C–C–N with tert-alkyl or cyclic N) is 1. The number of nitrogens with one attached hydrogen (secondary N) is 1. The number of aromatic amines is 1. The van der Waals surface area contributed by atoms with Crippen LogP contribution in [0.4, 0.5) is 0 Å². The average molecular weight is 365 g/mol. The number of hydrogen-bond donors (Lipinski definition) is 3. The van der Waals surface area contributed by atoms with E-state index in [4.69, 9.17) is 4.74 Å². The van der Waals surface area contributed by atoms with Crippen molar-refractivity contribution in [1.29, 1.82) is 0 Å². The summed E-state index contributed by atoms with van der Waals surface area (Å²) in [6.07, 6.45) is 0. The molecular formula is C20H19N3O4. The maximum Gasteiger partial charge on any atom is 0.273 e. The molecule has 1 aliphatic heterocycles. The number of aliphatic hydroxyl groups is 1. The number of aromatic hydroxyl groups is 1. The minimum Gasteiger partial charge on any atom is -0.507 e. The van der Waals surface area contributed by atoms with Gasteiger partial charge in [0.2, 0.25) is 0 Å². The van der Waals surface area contributed by atoms with Crippen molar-refractivity contribution >= 4 is 5.91 Å². The predicted octanol–water partition coefficient (Wildman–Crippen LogP) is 2.33. The molecule has 1 aliphatic rings. The highest BCUT2D eigenvalue weighted by Gasteiger charge is 2.42. The largest absolute Gasteiger partial charge is 0.507 e. The maximum atomic E-state index is 12.9. The van der Waals surface area contributed by atoms with Crippen molar-refractivity contribution in [2.75, 3.05) is 20.3 Å². The molecule has 7 nitrogen and oxygen atoms in total. The van der Waals surface area contributed by atoms with Gasteiger partial charge in [0.05, 0.1) is 19.8 Å². The summed E-state index contributed by atoms with van der Waals surface area (Å²) >= 11 is 0.